The Hall–Kier alpha value is -1.25. The van der Waals surface area contributed by atoms with Crippen molar-refractivity contribution in [2.45, 2.75) is 0 Å². The van der Waals surface area contributed by atoms with Crippen molar-refractivity contribution in [3.63, 3.8) is 0 Å². The molecule has 0 atom stereocenters. The molecule has 0 aromatic carbocycles. The van der Waals surface area contributed by atoms with Crippen molar-refractivity contribution in [2.75, 3.05) is 0 Å². The zero-order valence-electron chi connectivity index (χ0n) is 5.15. The summed E-state index contributed by atoms with van der Waals surface area (Å²) in [6.07, 6.45) is 2.90. The lowest BCUT2D eigenvalue weighted by atomic mass is 10.4. The Labute approximate surface area is 61.8 Å². The summed E-state index contributed by atoms with van der Waals surface area (Å²) >= 11 is 0. The Morgan fingerprint density at radius 1 is 1.60 bits per heavy atom. The molecular formula is C6H4N3Si. The van der Waals surface area contributed by atoms with E-state index in [4.69, 9.17) is 5.53 Å². The van der Waals surface area contributed by atoms with Gasteiger partial charge in [-0.2, -0.15) is 4.79 Å². The van der Waals surface area contributed by atoms with Crippen molar-refractivity contribution in [3.8, 4) is 0 Å². The topological polar surface area (TPSA) is 49.3 Å². The van der Waals surface area contributed by atoms with E-state index in [0.29, 0.717) is 5.69 Å². The second kappa shape index (κ2) is 3.05. The van der Waals surface area contributed by atoms with Gasteiger partial charge >= 0.3 is 6.21 Å². The quantitative estimate of drug-likeness (QED) is 0.228. The number of aromatic nitrogens is 1. The lowest BCUT2D eigenvalue weighted by molar-refractivity contribution is 0.00427. The Kier molecular flexibility index (Phi) is 2.09. The highest BCUT2D eigenvalue weighted by atomic mass is 28.1. The maximum absolute atomic E-state index is 8.11. The smallest absolute Gasteiger partial charge is 0.305 e. The van der Waals surface area contributed by atoms with Gasteiger partial charge in [0.1, 0.15) is 5.69 Å². The lowest BCUT2D eigenvalue weighted by Crippen LogP contribution is -2.03. The van der Waals surface area contributed by atoms with Gasteiger partial charge in [-0.05, 0) is 11.3 Å². The SMILES string of the molecule is [N-]=[N+]=Cc1ccc([Si])cn1. The molecule has 0 amide bonds. The van der Waals surface area contributed by atoms with E-state index in [0.717, 1.165) is 5.19 Å². The predicted molar refractivity (Wildman–Crippen MR) is 38.4 cm³/mol. The minimum absolute atomic E-state index is 0.629. The summed E-state index contributed by atoms with van der Waals surface area (Å²) in [5.41, 5.74) is 8.74. The van der Waals surface area contributed by atoms with Crippen LogP contribution in [0.3, 0.4) is 0 Å². The van der Waals surface area contributed by atoms with Gasteiger partial charge in [0.25, 0.3) is 0 Å². The highest BCUT2D eigenvalue weighted by Gasteiger charge is 1.90. The third-order valence-electron chi connectivity index (χ3n) is 0.976. The molecule has 1 aromatic rings. The molecule has 0 aliphatic carbocycles. The van der Waals surface area contributed by atoms with Crippen LogP contribution >= 0.6 is 0 Å². The first-order valence-corrected chi connectivity index (χ1v) is 3.18. The zero-order chi connectivity index (χ0) is 7.40. The Morgan fingerprint density at radius 3 is 2.90 bits per heavy atom. The summed E-state index contributed by atoms with van der Waals surface area (Å²) in [7, 11) is 3.27. The molecule has 47 valence electrons. The van der Waals surface area contributed by atoms with Gasteiger partial charge in [-0.25, -0.2) is 4.98 Å². The summed E-state index contributed by atoms with van der Waals surface area (Å²) in [6, 6.07) is 3.56. The Morgan fingerprint density at radius 2 is 2.40 bits per heavy atom. The van der Waals surface area contributed by atoms with Crippen molar-refractivity contribution in [1.29, 1.82) is 0 Å². The summed E-state index contributed by atoms with van der Waals surface area (Å²) in [6.45, 7) is 0. The van der Waals surface area contributed by atoms with Crippen molar-refractivity contribution in [3.05, 3.63) is 29.6 Å². The molecule has 10 heavy (non-hydrogen) atoms. The molecule has 0 saturated carbocycles. The van der Waals surface area contributed by atoms with Crippen molar-refractivity contribution < 1.29 is 4.79 Å². The first kappa shape index (κ1) is 6.86. The number of hydrogen-bond acceptors (Lipinski definition) is 1. The monoisotopic (exact) mass is 146 g/mol. The molecule has 1 heterocycles. The largest absolute Gasteiger partial charge is 0.361 e. The lowest BCUT2D eigenvalue weighted by Gasteiger charge is -1.87. The van der Waals surface area contributed by atoms with Crippen LogP contribution in [0.2, 0.25) is 0 Å². The van der Waals surface area contributed by atoms with Crippen molar-refractivity contribution in [2.24, 2.45) is 0 Å². The van der Waals surface area contributed by atoms with Crippen LogP contribution in [0.25, 0.3) is 5.53 Å². The van der Waals surface area contributed by atoms with Crippen molar-refractivity contribution in [1.82, 2.24) is 4.98 Å². The van der Waals surface area contributed by atoms with Gasteiger partial charge in [0.15, 0.2) is 0 Å². The molecule has 3 radical (unpaired) electrons. The third kappa shape index (κ3) is 1.61. The molecule has 0 spiro atoms. The number of hydrogen-bond donors (Lipinski definition) is 0. The fraction of sp³-hybridized carbons (Fsp3) is 0. The van der Waals surface area contributed by atoms with E-state index in [2.05, 4.69) is 20.0 Å². The summed E-state index contributed by atoms with van der Waals surface area (Å²) < 4.78 is 0. The minimum atomic E-state index is 0.629. The van der Waals surface area contributed by atoms with E-state index in [9.17, 15) is 0 Å². The summed E-state index contributed by atoms with van der Waals surface area (Å²) in [5.74, 6) is 0. The molecular weight excluding hydrogens is 142 g/mol. The number of pyridine rings is 1. The highest BCUT2D eigenvalue weighted by Crippen LogP contribution is 1.83. The van der Waals surface area contributed by atoms with Crippen LogP contribution < -0.4 is 5.19 Å². The molecule has 0 saturated heterocycles. The first-order chi connectivity index (χ1) is 4.83. The van der Waals surface area contributed by atoms with Crippen LogP contribution in [-0.4, -0.2) is 26.2 Å². The van der Waals surface area contributed by atoms with Crippen LogP contribution in [0.1, 0.15) is 5.69 Å². The van der Waals surface area contributed by atoms with Gasteiger partial charge in [-0.1, -0.05) is 6.07 Å². The van der Waals surface area contributed by atoms with Gasteiger partial charge in [0.2, 0.25) is 0 Å². The molecule has 1 rings (SSSR count). The van der Waals surface area contributed by atoms with E-state index in [1.54, 1.807) is 12.3 Å². The normalized spacial score (nSPS) is 8.50. The van der Waals surface area contributed by atoms with Gasteiger partial charge < -0.3 is 5.53 Å². The second-order valence-electron chi connectivity index (χ2n) is 1.72. The summed E-state index contributed by atoms with van der Waals surface area (Å²) in [4.78, 5) is 6.74. The Balaban J connectivity index is 3.00. The average molecular weight is 146 g/mol. The van der Waals surface area contributed by atoms with Crippen LogP contribution in [0.5, 0.6) is 0 Å². The Bertz CT molecular complexity index is 261. The van der Waals surface area contributed by atoms with Gasteiger partial charge in [-0.15, -0.1) is 0 Å². The third-order valence-corrected chi connectivity index (χ3v) is 1.27. The molecule has 0 N–H and O–H groups in total. The van der Waals surface area contributed by atoms with E-state index >= 15 is 0 Å². The van der Waals surface area contributed by atoms with E-state index in [1.165, 1.54) is 6.21 Å². The summed E-state index contributed by atoms with van der Waals surface area (Å²) in [5, 5.41) is 0.898. The average Bonchev–Trinajstić information content (AvgIpc) is 1.95. The van der Waals surface area contributed by atoms with E-state index in [1.807, 2.05) is 6.07 Å². The molecule has 1 aromatic heterocycles. The zero-order valence-corrected chi connectivity index (χ0v) is 6.15. The minimum Gasteiger partial charge on any atom is -0.361 e. The molecule has 4 heteroatoms. The molecule has 0 bridgehead atoms. The molecule has 0 fully saturated rings. The van der Waals surface area contributed by atoms with Gasteiger partial charge in [0.05, 0.1) is 10.2 Å². The molecule has 0 aliphatic heterocycles. The predicted octanol–water partition coefficient (Wildman–Crippen LogP) is -0.476. The van der Waals surface area contributed by atoms with Crippen LogP contribution in [0, 0.1) is 0 Å². The molecule has 0 unspecified atom stereocenters. The van der Waals surface area contributed by atoms with Gasteiger partial charge in [-0.3, -0.25) is 0 Å². The van der Waals surface area contributed by atoms with Crippen LogP contribution in [0.4, 0.5) is 0 Å². The van der Waals surface area contributed by atoms with Crippen molar-refractivity contribution >= 4 is 21.6 Å². The highest BCUT2D eigenvalue weighted by molar-refractivity contribution is 6.32. The van der Waals surface area contributed by atoms with E-state index in [-0.39, 0.29) is 0 Å². The maximum atomic E-state index is 8.11. The second-order valence-corrected chi connectivity index (χ2v) is 2.29. The van der Waals surface area contributed by atoms with Crippen LogP contribution in [0.15, 0.2) is 18.3 Å². The first-order valence-electron chi connectivity index (χ1n) is 2.68. The molecule has 3 nitrogen and oxygen atoms in total. The standard InChI is InChI=1S/C6H4N3Si/c7-9-3-5-1-2-6(10)4-8-5/h1-4H. The number of nitrogens with zero attached hydrogens (tertiary/aromatic N) is 3. The fourth-order valence-corrected chi connectivity index (χ4v) is 0.689. The fourth-order valence-electron chi connectivity index (χ4n) is 0.541. The van der Waals surface area contributed by atoms with Crippen LogP contribution in [-0.2, 0) is 0 Å². The maximum Gasteiger partial charge on any atom is 0.305 e. The molecule has 0 aliphatic rings. The van der Waals surface area contributed by atoms with Gasteiger partial charge in [0, 0.05) is 6.20 Å². The number of rotatable bonds is 1. The van der Waals surface area contributed by atoms with E-state index < -0.39 is 0 Å².